The van der Waals surface area contributed by atoms with Crippen molar-refractivity contribution in [3.05, 3.63) is 89.0 Å². The zero-order chi connectivity index (χ0) is 32.9. The van der Waals surface area contributed by atoms with Crippen LogP contribution in [0.25, 0.3) is 11.1 Å². The van der Waals surface area contributed by atoms with E-state index in [0.717, 1.165) is 64.5 Å². The summed E-state index contributed by atoms with van der Waals surface area (Å²) in [6, 6.07) is 22.1. The molecule has 0 radical (unpaired) electrons. The number of piperidine rings is 1. The van der Waals surface area contributed by atoms with E-state index in [1.54, 1.807) is 0 Å². The van der Waals surface area contributed by atoms with Crippen molar-refractivity contribution < 1.29 is 28.8 Å². The standard InChI is InChI=1S/C39H49NO6/c1-8-43-46-39(6,7)30-16-21-33-27(2)35(28-12-19-32(20-13-28)44-37(41)38(3,4)5)36(45-34(33)26-30)29-14-17-31(18-15-29)42-25-24-40-22-10-9-11-23-40/h12-21,26,36H,8-11,22-25H2,1-7H3/t36-/m0/s1. The van der Waals surface area contributed by atoms with Crippen LogP contribution in [0.4, 0.5) is 0 Å². The van der Waals surface area contributed by atoms with Crippen molar-refractivity contribution >= 4 is 17.1 Å². The molecule has 246 valence electrons. The Morgan fingerprint density at radius 2 is 1.57 bits per heavy atom. The average molecular weight is 628 g/mol. The number of allylic oxidation sites excluding steroid dienone is 1. The van der Waals surface area contributed by atoms with Crippen LogP contribution in [0.1, 0.15) is 96.1 Å². The van der Waals surface area contributed by atoms with Crippen molar-refractivity contribution in [2.75, 3.05) is 32.8 Å². The molecule has 0 spiro atoms. The van der Waals surface area contributed by atoms with Crippen LogP contribution >= 0.6 is 0 Å². The summed E-state index contributed by atoms with van der Waals surface area (Å²) in [7, 11) is 0. The van der Waals surface area contributed by atoms with Gasteiger partial charge in [0.15, 0.2) is 0 Å². The summed E-state index contributed by atoms with van der Waals surface area (Å²) in [6.07, 6.45) is 3.51. The van der Waals surface area contributed by atoms with Crippen molar-refractivity contribution in [3.63, 3.8) is 0 Å². The van der Waals surface area contributed by atoms with E-state index in [1.807, 2.05) is 77.9 Å². The molecular formula is C39H49NO6. The van der Waals surface area contributed by atoms with Crippen LogP contribution in [0.5, 0.6) is 17.2 Å². The Hall–Kier alpha value is -3.65. The first-order chi connectivity index (χ1) is 22.0. The Balaban J connectivity index is 1.44. The van der Waals surface area contributed by atoms with Crippen molar-refractivity contribution in [3.8, 4) is 17.2 Å². The van der Waals surface area contributed by atoms with E-state index in [4.69, 9.17) is 24.0 Å². The van der Waals surface area contributed by atoms with Gasteiger partial charge in [0.05, 0.1) is 12.0 Å². The first kappa shape index (κ1) is 33.7. The number of nitrogens with zero attached hydrogens (tertiary/aromatic N) is 1. The number of carbonyl (C=O) groups excluding carboxylic acids is 1. The Kier molecular flexibility index (Phi) is 10.6. The third-order valence-electron chi connectivity index (χ3n) is 8.67. The number of ether oxygens (including phenoxy) is 3. The molecule has 0 bridgehead atoms. The molecule has 0 aliphatic carbocycles. The fourth-order valence-corrected chi connectivity index (χ4v) is 5.87. The van der Waals surface area contributed by atoms with Gasteiger partial charge in [0, 0.05) is 17.7 Å². The summed E-state index contributed by atoms with van der Waals surface area (Å²) in [4.78, 5) is 26.0. The van der Waals surface area contributed by atoms with Gasteiger partial charge in [-0.3, -0.25) is 9.69 Å². The third-order valence-corrected chi connectivity index (χ3v) is 8.67. The lowest BCUT2D eigenvalue weighted by Crippen LogP contribution is -2.33. The molecular weight excluding hydrogens is 578 g/mol. The van der Waals surface area contributed by atoms with Crippen LogP contribution in [-0.2, 0) is 20.2 Å². The summed E-state index contributed by atoms with van der Waals surface area (Å²) in [5, 5.41) is 0. The number of hydrogen-bond donors (Lipinski definition) is 0. The molecule has 3 aromatic carbocycles. The first-order valence-corrected chi connectivity index (χ1v) is 16.6. The van der Waals surface area contributed by atoms with Crippen molar-refractivity contribution in [2.45, 2.75) is 79.4 Å². The fraction of sp³-hybridized carbons (Fsp3) is 0.462. The maximum absolute atomic E-state index is 12.5. The third kappa shape index (κ3) is 8.00. The van der Waals surface area contributed by atoms with E-state index in [0.29, 0.717) is 19.0 Å². The van der Waals surface area contributed by atoms with Crippen LogP contribution in [-0.4, -0.2) is 43.7 Å². The second kappa shape index (κ2) is 14.4. The summed E-state index contributed by atoms with van der Waals surface area (Å²) in [6.45, 7) is 17.9. The lowest BCUT2D eigenvalue weighted by molar-refractivity contribution is -0.355. The minimum Gasteiger partial charge on any atom is -0.492 e. The van der Waals surface area contributed by atoms with Crippen LogP contribution in [0.15, 0.2) is 66.7 Å². The molecule has 3 aromatic rings. The van der Waals surface area contributed by atoms with Gasteiger partial charge in [-0.15, -0.1) is 0 Å². The molecule has 2 aliphatic rings. The normalized spacial score (nSPS) is 17.3. The number of hydrogen-bond acceptors (Lipinski definition) is 7. The smallest absolute Gasteiger partial charge is 0.316 e. The Morgan fingerprint density at radius 3 is 2.22 bits per heavy atom. The second-order valence-electron chi connectivity index (χ2n) is 13.7. The quantitative estimate of drug-likeness (QED) is 0.0911. The lowest BCUT2D eigenvalue weighted by atomic mass is 9.85. The molecule has 1 atom stereocenters. The van der Waals surface area contributed by atoms with Crippen molar-refractivity contribution in [1.29, 1.82) is 0 Å². The Morgan fingerprint density at radius 1 is 0.891 bits per heavy atom. The molecule has 5 rings (SSSR count). The van der Waals surface area contributed by atoms with Crippen LogP contribution in [0, 0.1) is 5.41 Å². The Bertz CT molecular complexity index is 1510. The molecule has 1 fully saturated rings. The van der Waals surface area contributed by atoms with E-state index in [-0.39, 0.29) is 12.1 Å². The molecule has 0 aromatic heterocycles. The van der Waals surface area contributed by atoms with Crippen LogP contribution in [0.2, 0.25) is 0 Å². The predicted molar refractivity (Wildman–Crippen MR) is 182 cm³/mol. The van der Waals surface area contributed by atoms with Gasteiger partial charge in [-0.2, -0.15) is 0 Å². The molecule has 0 N–H and O–H groups in total. The molecule has 46 heavy (non-hydrogen) atoms. The molecule has 2 aliphatic heterocycles. The molecule has 7 heteroatoms. The first-order valence-electron chi connectivity index (χ1n) is 16.6. The van der Waals surface area contributed by atoms with Crippen LogP contribution in [0.3, 0.4) is 0 Å². The fourth-order valence-electron chi connectivity index (χ4n) is 5.87. The number of benzene rings is 3. The van der Waals surface area contributed by atoms with Gasteiger partial charge < -0.3 is 14.2 Å². The largest absolute Gasteiger partial charge is 0.492 e. The topological polar surface area (TPSA) is 66.5 Å². The summed E-state index contributed by atoms with van der Waals surface area (Å²) >= 11 is 0. The van der Waals surface area contributed by atoms with Gasteiger partial charge in [0.25, 0.3) is 0 Å². The Labute approximate surface area is 274 Å². The molecule has 1 saturated heterocycles. The maximum Gasteiger partial charge on any atom is 0.316 e. The second-order valence-corrected chi connectivity index (χ2v) is 13.7. The highest BCUT2D eigenvalue weighted by Gasteiger charge is 2.32. The van der Waals surface area contributed by atoms with E-state index in [1.165, 1.54) is 19.3 Å². The molecule has 0 unspecified atom stereocenters. The zero-order valence-corrected chi connectivity index (χ0v) is 28.5. The minimum absolute atomic E-state index is 0.270. The monoisotopic (exact) mass is 627 g/mol. The number of esters is 1. The van der Waals surface area contributed by atoms with Gasteiger partial charge in [-0.05, 0) is 127 Å². The van der Waals surface area contributed by atoms with E-state index in [9.17, 15) is 4.79 Å². The van der Waals surface area contributed by atoms with E-state index < -0.39 is 11.0 Å². The lowest BCUT2D eigenvalue weighted by Gasteiger charge is -2.33. The van der Waals surface area contributed by atoms with Crippen molar-refractivity contribution in [1.82, 2.24) is 4.90 Å². The molecule has 0 amide bonds. The highest BCUT2D eigenvalue weighted by Crippen LogP contribution is 2.48. The van der Waals surface area contributed by atoms with Gasteiger partial charge in [0.2, 0.25) is 0 Å². The van der Waals surface area contributed by atoms with Crippen molar-refractivity contribution in [2.24, 2.45) is 5.41 Å². The number of fused-ring (bicyclic) bond motifs is 1. The van der Waals surface area contributed by atoms with Crippen LogP contribution < -0.4 is 14.2 Å². The minimum atomic E-state index is -0.657. The molecule has 2 heterocycles. The maximum atomic E-state index is 12.5. The summed E-state index contributed by atoms with van der Waals surface area (Å²) in [5.41, 5.74) is 4.90. The van der Waals surface area contributed by atoms with Gasteiger partial charge in [-0.1, -0.05) is 42.8 Å². The van der Waals surface area contributed by atoms with Gasteiger partial charge in [-0.25, -0.2) is 9.78 Å². The SMILES string of the molecule is CCOOC(C)(C)c1ccc2c(c1)O[C@@H](c1ccc(OCCN3CCCCC3)cc1)C(c1ccc(OC(=O)C(C)(C)C)cc1)=C2C. The van der Waals surface area contributed by atoms with E-state index >= 15 is 0 Å². The van der Waals surface area contributed by atoms with E-state index in [2.05, 4.69) is 42.2 Å². The molecule has 7 nitrogen and oxygen atoms in total. The summed E-state index contributed by atoms with van der Waals surface area (Å²) in [5.74, 6) is 1.88. The average Bonchev–Trinajstić information content (AvgIpc) is 3.04. The number of likely N-dealkylation sites (tertiary alicyclic amines) is 1. The number of carbonyl (C=O) groups is 1. The van der Waals surface area contributed by atoms with Gasteiger partial charge in [0.1, 0.15) is 35.6 Å². The predicted octanol–water partition coefficient (Wildman–Crippen LogP) is 8.77. The zero-order valence-electron chi connectivity index (χ0n) is 28.5. The highest BCUT2D eigenvalue weighted by molar-refractivity contribution is 5.95. The number of rotatable bonds is 11. The highest BCUT2D eigenvalue weighted by atomic mass is 17.2. The van der Waals surface area contributed by atoms with Gasteiger partial charge >= 0.3 is 5.97 Å². The molecule has 0 saturated carbocycles. The summed E-state index contributed by atoms with van der Waals surface area (Å²) < 4.78 is 18.6.